The highest BCUT2D eigenvalue weighted by Gasteiger charge is 2.46. The fourth-order valence-corrected chi connectivity index (χ4v) is 5.70. The zero-order chi connectivity index (χ0) is 20.5. The van der Waals surface area contributed by atoms with Gasteiger partial charge in [-0.3, -0.25) is 0 Å². The molecule has 2 aliphatic heterocycles. The van der Waals surface area contributed by atoms with E-state index in [4.69, 9.17) is 19.4 Å². The van der Waals surface area contributed by atoms with Crippen LogP contribution < -0.4 is 4.90 Å². The Balaban J connectivity index is 1.87. The summed E-state index contributed by atoms with van der Waals surface area (Å²) in [5, 5.41) is 0. The second-order valence-corrected chi connectivity index (χ2v) is 10.4. The molecule has 3 heterocycles. The Kier molecular flexibility index (Phi) is 5.77. The van der Waals surface area contributed by atoms with Gasteiger partial charge in [0.05, 0.1) is 24.9 Å². The SMILES string of the molecule is C[C@H]1COCCN1c1cc(C2(S(C)(=O)=O)CCOCC2)nc(C2=CCCC=C2)n1. The molecule has 8 heteroatoms. The van der Waals surface area contributed by atoms with Gasteiger partial charge in [-0.05, 0) is 32.6 Å². The van der Waals surface area contributed by atoms with Crippen molar-refractivity contribution in [3.8, 4) is 0 Å². The van der Waals surface area contributed by atoms with Crippen molar-refractivity contribution in [2.45, 2.75) is 43.4 Å². The first-order valence-electron chi connectivity index (χ1n) is 10.3. The molecule has 0 radical (unpaired) electrons. The number of rotatable bonds is 4. The van der Waals surface area contributed by atoms with E-state index in [1.54, 1.807) is 0 Å². The van der Waals surface area contributed by atoms with Gasteiger partial charge in [0.25, 0.3) is 0 Å². The van der Waals surface area contributed by atoms with Gasteiger partial charge in [-0.1, -0.05) is 18.2 Å². The van der Waals surface area contributed by atoms with Crippen molar-refractivity contribution >= 4 is 21.2 Å². The van der Waals surface area contributed by atoms with Crippen LogP contribution in [0.15, 0.2) is 24.3 Å². The van der Waals surface area contributed by atoms with Gasteiger partial charge in [-0.15, -0.1) is 0 Å². The van der Waals surface area contributed by atoms with Crippen LogP contribution in [-0.4, -0.2) is 63.7 Å². The van der Waals surface area contributed by atoms with Gasteiger partial charge in [0.15, 0.2) is 15.7 Å². The van der Waals surface area contributed by atoms with Crippen LogP contribution in [0.3, 0.4) is 0 Å². The highest BCUT2D eigenvalue weighted by Crippen LogP contribution is 2.40. The molecular formula is C21H29N3O4S. The first-order valence-corrected chi connectivity index (χ1v) is 12.2. The predicted octanol–water partition coefficient (Wildman–Crippen LogP) is 2.49. The Labute approximate surface area is 172 Å². The lowest BCUT2D eigenvalue weighted by atomic mass is 9.94. The van der Waals surface area contributed by atoms with Crippen LogP contribution in [0.1, 0.15) is 44.1 Å². The Morgan fingerprint density at radius 2 is 1.93 bits per heavy atom. The van der Waals surface area contributed by atoms with Crippen LogP contribution >= 0.6 is 0 Å². The molecule has 4 rings (SSSR count). The van der Waals surface area contributed by atoms with E-state index < -0.39 is 14.6 Å². The van der Waals surface area contributed by atoms with Crippen molar-refractivity contribution in [1.82, 2.24) is 9.97 Å². The molecule has 0 saturated carbocycles. The Morgan fingerprint density at radius 1 is 1.14 bits per heavy atom. The van der Waals surface area contributed by atoms with E-state index in [9.17, 15) is 8.42 Å². The molecule has 2 fully saturated rings. The molecule has 2 saturated heterocycles. The van der Waals surface area contributed by atoms with Gasteiger partial charge in [0.1, 0.15) is 10.6 Å². The molecule has 158 valence electrons. The van der Waals surface area contributed by atoms with Crippen molar-refractivity contribution in [3.05, 3.63) is 35.8 Å². The summed E-state index contributed by atoms with van der Waals surface area (Å²) in [7, 11) is -3.40. The molecule has 29 heavy (non-hydrogen) atoms. The third-order valence-electron chi connectivity index (χ3n) is 6.10. The smallest absolute Gasteiger partial charge is 0.161 e. The van der Waals surface area contributed by atoms with Gasteiger partial charge < -0.3 is 14.4 Å². The largest absolute Gasteiger partial charge is 0.381 e. The molecule has 7 nitrogen and oxygen atoms in total. The van der Waals surface area contributed by atoms with Gasteiger partial charge >= 0.3 is 0 Å². The molecule has 1 aromatic heterocycles. The Hall–Kier alpha value is -1.77. The summed E-state index contributed by atoms with van der Waals surface area (Å²) in [6.45, 7) is 4.91. The quantitative estimate of drug-likeness (QED) is 0.741. The van der Waals surface area contributed by atoms with Crippen molar-refractivity contribution in [1.29, 1.82) is 0 Å². The van der Waals surface area contributed by atoms with Crippen LogP contribution in [0.5, 0.6) is 0 Å². The molecule has 1 aromatic rings. The third-order valence-corrected chi connectivity index (χ3v) is 8.14. The molecule has 0 N–H and O–H groups in total. The number of sulfone groups is 1. The van der Waals surface area contributed by atoms with Crippen molar-refractivity contribution < 1.29 is 17.9 Å². The number of nitrogens with zero attached hydrogens (tertiary/aromatic N) is 3. The van der Waals surface area contributed by atoms with E-state index in [0.717, 1.165) is 30.8 Å². The summed E-state index contributed by atoms with van der Waals surface area (Å²) in [4.78, 5) is 11.9. The number of hydrogen-bond acceptors (Lipinski definition) is 7. The normalized spacial score (nSPS) is 25.0. The van der Waals surface area contributed by atoms with E-state index >= 15 is 0 Å². The van der Waals surface area contributed by atoms with E-state index in [1.165, 1.54) is 6.26 Å². The molecule has 1 atom stereocenters. The number of anilines is 1. The maximum absolute atomic E-state index is 13.0. The van der Waals surface area contributed by atoms with Gasteiger partial charge in [0, 0.05) is 37.7 Å². The average Bonchev–Trinajstić information content (AvgIpc) is 2.74. The lowest BCUT2D eigenvalue weighted by molar-refractivity contribution is 0.0731. The monoisotopic (exact) mass is 419 g/mol. The first-order chi connectivity index (χ1) is 13.9. The summed E-state index contributed by atoms with van der Waals surface area (Å²) in [5.74, 6) is 1.37. The lowest BCUT2D eigenvalue weighted by Gasteiger charge is -2.37. The lowest BCUT2D eigenvalue weighted by Crippen LogP contribution is -2.45. The van der Waals surface area contributed by atoms with E-state index in [-0.39, 0.29) is 6.04 Å². The molecule has 3 aliphatic rings. The highest BCUT2D eigenvalue weighted by atomic mass is 32.2. The minimum absolute atomic E-state index is 0.166. The van der Waals surface area contributed by atoms with Crippen LogP contribution in [0.2, 0.25) is 0 Å². The minimum Gasteiger partial charge on any atom is -0.381 e. The first kappa shape index (κ1) is 20.5. The number of ether oxygens (including phenoxy) is 2. The van der Waals surface area contributed by atoms with Crippen LogP contribution in [0.4, 0.5) is 5.82 Å². The molecule has 0 unspecified atom stereocenters. The molecular weight excluding hydrogens is 390 g/mol. The maximum Gasteiger partial charge on any atom is 0.161 e. The van der Waals surface area contributed by atoms with E-state index in [1.807, 2.05) is 12.1 Å². The molecule has 1 aliphatic carbocycles. The highest BCUT2D eigenvalue weighted by molar-refractivity contribution is 7.91. The number of morpholine rings is 1. The van der Waals surface area contributed by atoms with Gasteiger partial charge in [-0.2, -0.15) is 0 Å². The summed E-state index contributed by atoms with van der Waals surface area (Å²) in [6, 6.07) is 2.05. The maximum atomic E-state index is 13.0. The minimum atomic E-state index is -3.40. The van der Waals surface area contributed by atoms with Gasteiger partial charge in [-0.25, -0.2) is 18.4 Å². The van der Waals surface area contributed by atoms with E-state index in [2.05, 4.69) is 24.0 Å². The Bertz CT molecular complexity index is 920. The van der Waals surface area contributed by atoms with Crippen molar-refractivity contribution in [3.63, 3.8) is 0 Å². The van der Waals surface area contributed by atoms with Crippen LogP contribution in [0.25, 0.3) is 5.57 Å². The standard InChI is InChI=1S/C21H29N3O4S/c1-16-15-28-13-10-24(16)19-14-18(21(29(2,25)26)8-11-27-12-9-21)22-20(23-19)17-6-4-3-5-7-17/h4,6-7,14,16H,3,5,8-13,15H2,1-2H3/t16-/m0/s1. The summed E-state index contributed by atoms with van der Waals surface area (Å²) >= 11 is 0. The topological polar surface area (TPSA) is 81.6 Å². The van der Waals surface area contributed by atoms with Gasteiger partial charge in [0.2, 0.25) is 0 Å². The number of hydrogen-bond donors (Lipinski definition) is 0. The van der Waals surface area contributed by atoms with Crippen molar-refractivity contribution in [2.24, 2.45) is 0 Å². The Morgan fingerprint density at radius 3 is 2.59 bits per heavy atom. The summed E-state index contributed by atoms with van der Waals surface area (Å²) in [6.07, 6.45) is 10.4. The fourth-order valence-electron chi connectivity index (χ4n) is 4.31. The second-order valence-electron chi connectivity index (χ2n) is 8.07. The zero-order valence-electron chi connectivity index (χ0n) is 17.1. The summed E-state index contributed by atoms with van der Waals surface area (Å²) in [5.41, 5.74) is 1.54. The van der Waals surface area contributed by atoms with E-state index in [0.29, 0.717) is 50.8 Å². The fraction of sp³-hybridized carbons (Fsp3) is 0.619. The second kappa shape index (κ2) is 8.16. The van der Waals surface area contributed by atoms with Crippen molar-refractivity contribution in [2.75, 3.05) is 44.1 Å². The molecule has 0 bridgehead atoms. The predicted molar refractivity (Wildman–Crippen MR) is 113 cm³/mol. The number of aromatic nitrogens is 2. The molecule has 0 amide bonds. The van der Waals surface area contributed by atoms with Crippen LogP contribution in [-0.2, 0) is 24.1 Å². The third kappa shape index (κ3) is 3.98. The number of allylic oxidation sites excluding steroid dienone is 4. The molecule has 0 spiro atoms. The zero-order valence-corrected chi connectivity index (χ0v) is 18.0. The molecule has 0 aromatic carbocycles. The average molecular weight is 420 g/mol. The summed E-state index contributed by atoms with van der Waals surface area (Å²) < 4.78 is 36.0. The van der Waals surface area contributed by atoms with Crippen LogP contribution in [0, 0.1) is 0 Å².